The van der Waals surface area contributed by atoms with Crippen LogP contribution in [-0.2, 0) is 23.0 Å². The molecule has 4 atom stereocenters. The quantitative estimate of drug-likeness (QED) is 0.331. The van der Waals surface area contributed by atoms with E-state index in [2.05, 4.69) is 16.1 Å². The van der Waals surface area contributed by atoms with Crippen LogP contribution in [0.15, 0.2) is 10.6 Å². The predicted molar refractivity (Wildman–Crippen MR) is 191 cm³/mol. The summed E-state index contributed by atoms with van der Waals surface area (Å²) in [5.41, 5.74) is 8.13. The number of aryl methyl sites for hydroxylation is 1. The van der Waals surface area contributed by atoms with Gasteiger partial charge in [0.25, 0.3) is 0 Å². The fraction of sp³-hybridized carbons (Fsp3) is 0.649. The number of piperazine rings is 1. The van der Waals surface area contributed by atoms with E-state index in [1.807, 2.05) is 50.6 Å². The molecule has 0 aromatic carbocycles. The first kappa shape index (κ1) is 34.1. The van der Waals surface area contributed by atoms with Crippen molar-refractivity contribution in [2.45, 2.75) is 120 Å². The Balaban J connectivity index is 1.17. The number of anilines is 2. The maximum atomic E-state index is 14.4. The van der Waals surface area contributed by atoms with Crippen molar-refractivity contribution < 1.29 is 23.2 Å². The summed E-state index contributed by atoms with van der Waals surface area (Å²) < 4.78 is 33.0. The summed E-state index contributed by atoms with van der Waals surface area (Å²) >= 11 is 1.52. The highest BCUT2D eigenvalue weighted by atomic mass is 32.1. The van der Waals surface area contributed by atoms with Gasteiger partial charge in [0.15, 0.2) is 17.3 Å². The number of nitrogen functional groups attached to an aromatic ring is 1. The van der Waals surface area contributed by atoms with Gasteiger partial charge in [-0.2, -0.15) is 10.2 Å². The molecule has 8 rings (SSSR count). The molecule has 51 heavy (non-hydrogen) atoms. The summed E-state index contributed by atoms with van der Waals surface area (Å²) in [6.45, 7) is 9.66. The van der Waals surface area contributed by atoms with Gasteiger partial charge in [0, 0.05) is 48.7 Å². The summed E-state index contributed by atoms with van der Waals surface area (Å²) in [6, 6.07) is 4.15. The number of carbonyl (C=O) groups excluding carboxylic acids is 1. The Morgan fingerprint density at radius 2 is 1.96 bits per heavy atom. The number of nitrogens with two attached hydrogens (primary N) is 1. The highest BCUT2D eigenvalue weighted by Crippen LogP contribution is 2.55. The van der Waals surface area contributed by atoms with Crippen LogP contribution < -0.4 is 15.4 Å². The number of hydrogen-bond donors (Lipinski definition) is 1. The van der Waals surface area contributed by atoms with Crippen LogP contribution in [0.4, 0.5) is 20.0 Å². The lowest BCUT2D eigenvalue weighted by Gasteiger charge is -2.42. The lowest BCUT2D eigenvalue weighted by atomic mass is 9.63. The summed E-state index contributed by atoms with van der Waals surface area (Å²) in [4.78, 5) is 30.5. The molecule has 5 aliphatic rings. The van der Waals surface area contributed by atoms with Crippen LogP contribution >= 0.6 is 11.3 Å². The number of carbonyl (C=O) groups is 1. The fourth-order valence-corrected chi connectivity index (χ4v) is 10.2. The largest absolute Gasteiger partial charge is 0.473 e. The maximum Gasteiger partial charge on any atom is 0.410 e. The first-order chi connectivity index (χ1) is 24.3. The zero-order valence-corrected chi connectivity index (χ0v) is 30.9. The van der Waals surface area contributed by atoms with Crippen LogP contribution in [0.5, 0.6) is 5.88 Å². The van der Waals surface area contributed by atoms with Gasteiger partial charge in [-0.1, -0.05) is 5.16 Å². The molecule has 3 aromatic rings. The first-order valence-corrected chi connectivity index (χ1v) is 19.1. The summed E-state index contributed by atoms with van der Waals surface area (Å²) in [7, 11) is 1.92. The molecule has 1 saturated carbocycles. The van der Waals surface area contributed by atoms with Gasteiger partial charge in [0.05, 0.1) is 16.5 Å². The Morgan fingerprint density at radius 1 is 1.20 bits per heavy atom. The van der Waals surface area contributed by atoms with Crippen molar-refractivity contribution in [3.05, 3.63) is 33.4 Å². The third-order valence-corrected chi connectivity index (χ3v) is 12.7. The average molecular weight is 719 g/mol. The molecule has 12 nitrogen and oxygen atoms in total. The molecule has 3 fully saturated rings. The van der Waals surface area contributed by atoms with Crippen molar-refractivity contribution in [3.63, 3.8) is 0 Å². The molecule has 2 saturated heterocycles. The number of nitriles is 1. The SMILES string of the molecule is C[C@H](Oc1cc(N2CCN(C(=O)OC(C)(C)C)C3(CC3)C2)nc(-c2noc3c2CCC[C@@]32CCCc3sc(N)c(C#N)c32)n1)[C@@H]1C[C@@H](F)CN1C. The third-order valence-electron chi connectivity index (χ3n) is 11.6. The molecule has 2 aliphatic heterocycles. The lowest BCUT2D eigenvalue weighted by Crippen LogP contribution is -2.58. The average Bonchev–Trinajstić information content (AvgIpc) is 3.36. The van der Waals surface area contributed by atoms with Gasteiger partial charge in [-0.15, -0.1) is 11.3 Å². The Bertz CT molecular complexity index is 1890. The zero-order valence-electron chi connectivity index (χ0n) is 30.1. The highest BCUT2D eigenvalue weighted by molar-refractivity contribution is 7.16. The van der Waals surface area contributed by atoms with E-state index in [0.29, 0.717) is 66.4 Å². The highest BCUT2D eigenvalue weighted by Gasteiger charge is 2.55. The number of fused-ring (bicyclic) bond motifs is 4. The third kappa shape index (κ3) is 5.90. The van der Waals surface area contributed by atoms with E-state index < -0.39 is 17.2 Å². The number of amides is 1. The second-order valence-electron chi connectivity index (χ2n) is 16.2. The molecule has 5 heterocycles. The van der Waals surface area contributed by atoms with Crippen LogP contribution in [0.25, 0.3) is 11.5 Å². The topological polar surface area (TPSA) is 147 Å². The predicted octanol–water partition coefficient (Wildman–Crippen LogP) is 6.00. The second-order valence-corrected chi connectivity index (χ2v) is 17.3. The lowest BCUT2D eigenvalue weighted by molar-refractivity contribution is 0.0106. The number of likely N-dealkylation sites (tertiary alicyclic amines) is 1. The Kier molecular flexibility index (Phi) is 8.25. The van der Waals surface area contributed by atoms with Gasteiger partial charge in [-0.3, -0.25) is 9.80 Å². The van der Waals surface area contributed by atoms with E-state index in [1.54, 1.807) is 0 Å². The molecule has 2 spiro atoms. The van der Waals surface area contributed by atoms with Gasteiger partial charge < -0.3 is 24.6 Å². The van der Waals surface area contributed by atoms with Crippen LogP contribution in [0.3, 0.4) is 0 Å². The molecular formula is C37H47FN8O4S. The number of thiophene rings is 1. The second kappa shape index (κ2) is 12.3. The van der Waals surface area contributed by atoms with Gasteiger partial charge in [0.1, 0.15) is 34.8 Å². The Morgan fingerprint density at radius 3 is 2.65 bits per heavy atom. The number of halogens is 1. The minimum absolute atomic E-state index is 0.0958. The number of hydrogen-bond acceptors (Lipinski definition) is 12. The van der Waals surface area contributed by atoms with E-state index in [0.717, 1.165) is 73.1 Å². The van der Waals surface area contributed by atoms with Gasteiger partial charge in [0.2, 0.25) is 5.88 Å². The Hall–Kier alpha value is -3.96. The van der Waals surface area contributed by atoms with Gasteiger partial charge in [-0.25, -0.2) is 14.2 Å². The number of alkyl halides is 1. The Labute approximate surface area is 302 Å². The smallest absolute Gasteiger partial charge is 0.410 e. The molecule has 14 heteroatoms. The van der Waals surface area contributed by atoms with Crippen LogP contribution in [0, 0.1) is 11.3 Å². The summed E-state index contributed by atoms with van der Waals surface area (Å²) in [6.07, 6.45) is 5.89. The minimum atomic E-state index is -0.895. The molecule has 1 amide bonds. The number of rotatable bonds is 5. The van der Waals surface area contributed by atoms with E-state index in [9.17, 15) is 14.4 Å². The minimum Gasteiger partial charge on any atom is -0.473 e. The molecule has 0 radical (unpaired) electrons. The normalized spacial score (nSPS) is 26.1. The zero-order chi connectivity index (χ0) is 35.9. The van der Waals surface area contributed by atoms with Crippen molar-refractivity contribution in [2.24, 2.45) is 0 Å². The van der Waals surface area contributed by atoms with Crippen molar-refractivity contribution in [3.8, 4) is 23.5 Å². The van der Waals surface area contributed by atoms with Crippen molar-refractivity contribution in [1.82, 2.24) is 24.9 Å². The standard InChI is InChI=1S/C37H47FN8O4S/c1-21(25-16-22(38)19-44(25)5)48-28-17-27(45-14-15-46(36(20-45)12-13-36)34(47)49-35(2,3)4)41-33(42-28)30-23-8-6-10-37(31(23)50-43-30)11-7-9-26-29(37)24(18-39)32(40)51-26/h17,21-22,25H,6-16,19-20,40H2,1-5H3/t21-,22+,25-,37-/m0/s1. The van der Waals surface area contributed by atoms with Crippen LogP contribution in [-0.4, -0.2) is 93.7 Å². The number of aromatic nitrogens is 3. The van der Waals surface area contributed by atoms with Gasteiger partial charge in [-0.05, 0) is 98.1 Å². The van der Waals surface area contributed by atoms with Crippen molar-refractivity contribution in [1.29, 1.82) is 5.26 Å². The molecule has 0 unspecified atom stereocenters. The molecular weight excluding hydrogens is 672 g/mol. The molecule has 0 bridgehead atoms. The number of ether oxygens (including phenoxy) is 2. The van der Waals surface area contributed by atoms with Crippen LogP contribution in [0.1, 0.15) is 100.0 Å². The van der Waals surface area contributed by atoms with Crippen molar-refractivity contribution >= 4 is 28.2 Å². The molecule has 3 aromatic heterocycles. The molecule has 2 N–H and O–H groups in total. The molecule has 272 valence electrons. The summed E-state index contributed by atoms with van der Waals surface area (Å²) in [5.74, 6) is 2.26. The van der Waals surface area contributed by atoms with Crippen molar-refractivity contribution in [2.75, 3.05) is 43.9 Å². The van der Waals surface area contributed by atoms with E-state index in [-0.39, 0.29) is 23.8 Å². The van der Waals surface area contributed by atoms with Gasteiger partial charge >= 0.3 is 6.09 Å². The first-order valence-electron chi connectivity index (χ1n) is 18.3. The molecule has 3 aliphatic carbocycles. The number of nitrogens with zero attached hydrogens (tertiary/aromatic N) is 7. The van der Waals surface area contributed by atoms with Crippen LogP contribution in [0.2, 0.25) is 0 Å². The summed E-state index contributed by atoms with van der Waals surface area (Å²) in [5, 5.41) is 15.4. The van der Waals surface area contributed by atoms with E-state index in [4.69, 9.17) is 29.7 Å². The number of likely N-dealkylation sites (N-methyl/N-ethyl adjacent to an activating group) is 1. The van der Waals surface area contributed by atoms with E-state index >= 15 is 0 Å². The maximum absolute atomic E-state index is 14.4. The fourth-order valence-electron chi connectivity index (χ4n) is 9.09. The monoisotopic (exact) mass is 718 g/mol. The van der Waals surface area contributed by atoms with E-state index in [1.165, 1.54) is 11.3 Å².